The molecule has 0 amide bonds. The van der Waals surface area contributed by atoms with Gasteiger partial charge in [-0.1, -0.05) is 48.5 Å². The molecule has 5 aliphatic heterocycles. The first-order chi connectivity index (χ1) is 22.0. The topological polar surface area (TPSA) is 156 Å². The molecular formula is C36H61NaO11. The van der Waals surface area contributed by atoms with E-state index in [0.29, 0.717) is 19.3 Å². The van der Waals surface area contributed by atoms with Crippen molar-refractivity contribution in [3.05, 3.63) is 0 Å². The minimum atomic E-state index is -1.57. The first kappa shape index (κ1) is 40.9. The summed E-state index contributed by atoms with van der Waals surface area (Å²) < 4.78 is 39.3. The molecule has 0 saturated carbocycles. The molecule has 5 fully saturated rings. The van der Waals surface area contributed by atoms with E-state index in [-0.39, 0.29) is 83.6 Å². The Labute approximate surface area is 309 Å². The van der Waals surface area contributed by atoms with E-state index in [2.05, 4.69) is 27.7 Å². The van der Waals surface area contributed by atoms with Crippen LogP contribution in [-0.2, 0) is 33.2 Å². The molecule has 17 atom stereocenters. The van der Waals surface area contributed by atoms with Gasteiger partial charge in [0, 0.05) is 49.6 Å². The number of rotatable bonds is 10. The van der Waals surface area contributed by atoms with E-state index >= 15 is 0 Å². The Morgan fingerprint density at radius 1 is 1.04 bits per heavy atom. The summed E-state index contributed by atoms with van der Waals surface area (Å²) in [6, 6.07) is 0. The molecular weight excluding hydrogens is 631 g/mol. The maximum Gasteiger partial charge on any atom is 1.00 e. The molecule has 1 spiro atoms. The number of hydrogen-bond donors (Lipinski definition) is 3. The Bertz CT molecular complexity index is 1110. The zero-order chi connectivity index (χ0) is 34.7. The van der Waals surface area contributed by atoms with Crippen molar-refractivity contribution in [3.8, 4) is 0 Å². The molecule has 0 aromatic rings. The fourth-order valence-corrected chi connectivity index (χ4v) is 9.91. The van der Waals surface area contributed by atoms with E-state index in [1.54, 1.807) is 6.92 Å². The van der Waals surface area contributed by atoms with Gasteiger partial charge < -0.3 is 53.6 Å². The first-order valence-electron chi connectivity index (χ1n) is 18.1. The monoisotopic (exact) mass is 692 g/mol. The van der Waals surface area contributed by atoms with Crippen LogP contribution in [0.2, 0.25) is 0 Å². The summed E-state index contributed by atoms with van der Waals surface area (Å²) >= 11 is 0. The van der Waals surface area contributed by atoms with Gasteiger partial charge in [0.15, 0.2) is 11.6 Å². The van der Waals surface area contributed by atoms with Crippen LogP contribution >= 0.6 is 0 Å². The Morgan fingerprint density at radius 3 is 2.33 bits per heavy atom. The molecule has 5 heterocycles. The van der Waals surface area contributed by atoms with Crippen molar-refractivity contribution in [1.82, 2.24) is 0 Å². The van der Waals surface area contributed by atoms with Crippen LogP contribution in [0.4, 0.5) is 0 Å². The van der Waals surface area contributed by atoms with Crippen LogP contribution in [0.1, 0.15) is 107 Å². The van der Waals surface area contributed by atoms with Gasteiger partial charge in [0.1, 0.15) is 0 Å². The van der Waals surface area contributed by atoms with Crippen LogP contribution in [0.25, 0.3) is 0 Å². The maximum absolute atomic E-state index is 11.7. The van der Waals surface area contributed by atoms with Gasteiger partial charge in [-0.25, -0.2) is 0 Å². The molecule has 0 aliphatic carbocycles. The summed E-state index contributed by atoms with van der Waals surface area (Å²) in [4.78, 5) is 11.7. The zero-order valence-electron chi connectivity index (χ0n) is 31.0. The minimum absolute atomic E-state index is 0. The van der Waals surface area contributed by atoms with Crippen molar-refractivity contribution in [2.75, 3.05) is 13.7 Å². The van der Waals surface area contributed by atoms with Crippen molar-refractivity contribution in [1.29, 1.82) is 0 Å². The Kier molecular flexibility index (Phi) is 13.0. The number of carboxylic acid groups (broad SMARTS) is 1. The average molecular weight is 693 g/mol. The second kappa shape index (κ2) is 15.2. The van der Waals surface area contributed by atoms with Gasteiger partial charge in [0.2, 0.25) is 0 Å². The number of aliphatic hydroxyl groups is 3. The third kappa shape index (κ3) is 7.33. The molecule has 5 aliphatic rings. The number of aliphatic hydroxyl groups excluding tert-OH is 2. The van der Waals surface area contributed by atoms with Gasteiger partial charge in [-0.15, -0.1) is 0 Å². The number of carbonyl (C=O) groups excluding carboxylic acids is 1. The van der Waals surface area contributed by atoms with E-state index in [0.717, 1.165) is 32.1 Å². The van der Waals surface area contributed by atoms with Crippen LogP contribution in [0.15, 0.2) is 0 Å². The fourth-order valence-electron chi connectivity index (χ4n) is 9.91. The second-order valence-electron chi connectivity index (χ2n) is 16.3. The molecule has 0 aromatic carbocycles. The Morgan fingerprint density at radius 2 is 1.73 bits per heavy atom. The number of aliphatic carboxylic acids is 1. The van der Waals surface area contributed by atoms with Crippen LogP contribution in [0.3, 0.4) is 0 Å². The molecule has 12 heteroatoms. The van der Waals surface area contributed by atoms with Gasteiger partial charge in [0.25, 0.3) is 0 Å². The maximum atomic E-state index is 11.7. The van der Waals surface area contributed by atoms with Crippen LogP contribution in [-0.4, -0.2) is 101 Å². The number of hydrogen-bond acceptors (Lipinski definition) is 11. The SMILES string of the molecule is CC[C@@]1([C@@H]2O[C@@H]([C@H]3O[C@@](O)(CO)[C@H](C)C[C@@H]3C)C[C@@H]2C)CC[C@H]([C@]2(C)CCC3(C[C@H](O)[C@@H](C)[C@@H]([C@@H](C)[C@@H](OC)[C@H](C)C(=O)[O-])O3)O2)O1.[Na+]. The molecule has 0 aromatic heterocycles. The van der Waals surface area contributed by atoms with Gasteiger partial charge in [-0.3, -0.25) is 0 Å². The smallest absolute Gasteiger partial charge is 0.550 e. The summed E-state index contributed by atoms with van der Waals surface area (Å²) in [6.45, 7) is 15.4. The van der Waals surface area contributed by atoms with Crippen molar-refractivity contribution in [2.45, 2.75) is 172 Å². The van der Waals surface area contributed by atoms with E-state index < -0.39 is 59.6 Å². The van der Waals surface area contributed by atoms with Gasteiger partial charge in [-0.2, -0.15) is 0 Å². The van der Waals surface area contributed by atoms with Crippen molar-refractivity contribution in [2.24, 2.45) is 35.5 Å². The molecule has 272 valence electrons. The van der Waals surface area contributed by atoms with Crippen molar-refractivity contribution < 1.29 is 83.2 Å². The average Bonchev–Trinajstić information content (AvgIpc) is 3.73. The molecule has 0 radical (unpaired) electrons. The van der Waals surface area contributed by atoms with Crippen LogP contribution in [0, 0.1) is 35.5 Å². The standard InChI is InChI=1S/C36H62O11.Na/c1-10-34(31-20(3)16-26(43-31)28-19(2)15-21(4)36(41,18-37)46-28)12-11-27(44-34)33(8)13-14-35(47-33)17-25(38)22(5)30(45-35)23(6)29(42-9)24(7)32(39)40;/h19-31,37-38,41H,10-18H2,1-9H3,(H,39,40);/q;+1/p-1/t19-,20-,21+,22+,23-,24-,25-,26+,27+,28-,29+,30-,31+,33-,34-,35?,36-;/m0./s1. The molecule has 5 rings (SSSR count). The molecule has 11 nitrogen and oxygen atoms in total. The molecule has 48 heavy (non-hydrogen) atoms. The summed E-state index contributed by atoms with van der Waals surface area (Å²) in [5, 5.41) is 43.9. The van der Waals surface area contributed by atoms with E-state index in [1.807, 2.05) is 20.8 Å². The largest absolute Gasteiger partial charge is 1.00 e. The van der Waals surface area contributed by atoms with Crippen molar-refractivity contribution in [3.63, 3.8) is 0 Å². The molecule has 5 saturated heterocycles. The Hall–Kier alpha value is 0.110. The number of ether oxygens (including phenoxy) is 6. The summed E-state index contributed by atoms with van der Waals surface area (Å²) in [7, 11) is 1.50. The van der Waals surface area contributed by atoms with E-state index in [4.69, 9.17) is 28.4 Å². The first-order valence-corrected chi connectivity index (χ1v) is 18.1. The predicted octanol–water partition coefficient (Wildman–Crippen LogP) is -0.0578. The minimum Gasteiger partial charge on any atom is -0.550 e. The zero-order valence-corrected chi connectivity index (χ0v) is 33.0. The van der Waals surface area contributed by atoms with E-state index in [1.165, 1.54) is 7.11 Å². The molecule has 1 unspecified atom stereocenters. The molecule has 0 bridgehead atoms. The van der Waals surface area contributed by atoms with Crippen LogP contribution in [0.5, 0.6) is 0 Å². The van der Waals surface area contributed by atoms with E-state index in [9.17, 15) is 25.2 Å². The normalized spacial score (nSPS) is 49.8. The van der Waals surface area contributed by atoms with Gasteiger partial charge in [0.05, 0.1) is 60.5 Å². The van der Waals surface area contributed by atoms with Gasteiger partial charge >= 0.3 is 29.6 Å². The fraction of sp³-hybridized carbons (Fsp3) is 0.972. The number of carboxylic acids is 1. The third-order valence-electron chi connectivity index (χ3n) is 13.0. The molecule has 3 N–H and O–H groups in total. The van der Waals surface area contributed by atoms with Crippen LogP contribution < -0.4 is 34.7 Å². The second-order valence-corrected chi connectivity index (χ2v) is 16.3. The summed E-state index contributed by atoms with van der Waals surface area (Å²) in [6.07, 6.45) is 2.81. The quantitative estimate of drug-likeness (QED) is 0.264. The number of carbonyl (C=O) groups is 1. The Balaban J connectivity index is 0.00000520. The van der Waals surface area contributed by atoms with Gasteiger partial charge in [-0.05, 0) is 57.3 Å². The van der Waals surface area contributed by atoms with Crippen molar-refractivity contribution >= 4 is 5.97 Å². The summed E-state index contributed by atoms with van der Waals surface area (Å²) in [5.74, 6) is -4.97. The number of methoxy groups -OCH3 is 1. The third-order valence-corrected chi connectivity index (χ3v) is 13.0. The summed E-state index contributed by atoms with van der Waals surface area (Å²) in [5.41, 5.74) is -1.16. The predicted molar refractivity (Wildman–Crippen MR) is 170 cm³/mol.